The predicted octanol–water partition coefficient (Wildman–Crippen LogP) is 2.58. The highest BCUT2D eigenvalue weighted by atomic mass is 16.5. The van der Waals surface area contributed by atoms with Gasteiger partial charge in [-0.15, -0.1) is 0 Å². The van der Waals surface area contributed by atoms with Crippen molar-refractivity contribution >= 4 is 5.91 Å². The number of carbonyl (C=O) groups is 1. The molecule has 3 rings (SSSR count). The Bertz CT molecular complexity index is 707. The van der Waals surface area contributed by atoms with Crippen molar-refractivity contribution in [3.63, 3.8) is 0 Å². The molecule has 1 atom stereocenters. The Labute approximate surface area is 141 Å². The summed E-state index contributed by atoms with van der Waals surface area (Å²) in [6, 6.07) is 13.3. The zero-order chi connectivity index (χ0) is 16.9. The van der Waals surface area contributed by atoms with E-state index in [-0.39, 0.29) is 12.0 Å². The van der Waals surface area contributed by atoms with Crippen LogP contribution >= 0.6 is 0 Å². The molecule has 1 aliphatic rings. The molecular formula is C19H21NO4. The summed E-state index contributed by atoms with van der Waals surface area (Å²) in [6.07, 6.45) is 0.786. The molecule has 5 nitrogen and oxygen atoms in total. The number of carbonyl (C=O) groups excluding carboxylic acids is 1. The van der Waals surface area contributed by atoms with Gasteiger partial charge in [0, 0.05) is 24.6 Å². The van der Waals surface area contributed by atoms with E-state index in [0.29, 0.717) is 30.2 Å². The van der Waals surface area contributed by atoms with E-state index in [2.05, 4.69) is 17.4 Å². The fourth-order valence-corrected chi connectivity index (χ4v) is 2.79. The van der Waals surface area contributed by atoms with Crippen LogP contribution in [0.15, 0.2) is 42.5 Å². The fourth-order valence-electron chi connectivity index (χ4n) is 2.79. The Morgan fingerprint density at radius 1 is 1.12 bits per heavy atom. The molecule has 2 aromatic rings. The number of hydrogen-bond donors (Lipinski definition) is 1. The minimum absolute atomic E-state index is 0.0173. The lowest BCUT2D eigenvalue weighted by Gasteiger charge is -2.25. The molecule has 0 aliphatic carbocycles. The average molecular weight is 327 g/mol. The number of nitrogens with one attached hydrogen (secondary N) is 1. The van der Waals surface area contributed by atoms with Crippen LogP contribution < -0.4 is 14.8 Å². The van der Waals surface area contributed by atoms with Gasteiger partial charge in [-0.05, 0) is 23.3 Å². The summed E-state index contributed by atoms with van der Waals surface area (Å²) >= 11 is 0. The van der Waals surface area contributed by atoms with Gasteiger partial charge in [0.1, 0.15) is 11.5 Å². The van der Waals surface area contributed by atoms with Crippen molar-refractivity contribution in [2.24, 2.45) is 0 Å². The molecule has 24 heavy (non-hydrogen) atoms. The number of rotatable bonds is 5. The van der Waals surface area contributed by atoms with E-state index < -0.39 is 0 Å². The predicted molar refractivity (Wildman–Crippen MR) is 90.6 cm³/mol. The number of fused-ring (bicyclic) bond motifs is 1. The van der Waals surface area contributed by atoms with Gasteiger partial charge < -0.3 is 19.5 Å². The van der Waals surface area contributed by atoms with Crippen molar-refractivity contribution in [2.45, 2.75) is 19.1 Å². The van der Waals surface area contributed by atoms with Gasteiger partial charge in [-0.3, -0.25) is 4.79 Å². The lowest BCUT2D eigenvalue weighted by Crippen LogP contribution is -2.36. The smallest absolute Gasteiger partial charge is 0.251 e. The normalized spacial score (nSPS) is 16.2. The lowest BCUT2D eigenvalue weighted by molar-refractivity contribution is 0.0285. The van der Waals surface area contributed by atoms with Gasteiger partial charge in [-0.2, -0.15) is 0 Å². The van der Waals surface area contributed by atoms with Gasteiger partial charge in [0.25, 0.3) is 5.91 Å². The summed E-state index contributed by atoms with van der Waals surface area (Å²) in [7, 11) is 3.12. The second-order valence-electron chi connectivity index (χ2n) is 5.72. The maximum absolute atomic E-state index is 12.4. The van der Waals surface area contributed by atoms with Crippen LogP contribution in [0.5, 0.6) is 11.5 Å². The maximum atomic E-state index is 12.4. The summed E-state index contributed by atoms with van der Waals surface area (Å²) in [5.41, 5.74) is 3.01. The highest BCUT2D eigenvalue weighted by Crippen LogP contribution is 2.23. The molecule has 1 amide bonds. The average Bonchev–Trinajstić information content (AvgIpc) is 2.65. The van der Waals surface area contributed by atoms with Crippen LogP contribution in [0.25, 0.3) is 0 Å². The monoisotopic (exact) mass is 327 g/mol. The van der Waals surface area contributed by atoms with Crippen molar-refractivity contribution < 1.29 is 19.0 Å². The van der Waals surface area contributed by atoms with Crippen LogP contribution in [0.3, 0.4) is 0 Å². The molecule has 0 aromatic heterocycles. The van der Waals surface area contributed by atoms with Crippen LogP contribution in [0.2, 0.25) is 0 Å². The molecule has 1 heterocycles. The molecule has 0 unspecified atom stereocenters. The van der Waals surface area contributed by atoms with E-state index in [4.69, 9.17) is 14.2 Å². The van der Waals surface area contributed by atoms with Gasteiger partial charge >= 0.3 is 0 Å². The standard InChI is InChI=1S/C19H21NO4/c1-22-16-8-15(9-17(10-16)23-2)19(21)20-11-18-7-13-5-3-4-6-14(13)12-24-18/h3-6,8-10,18H,7,11-12H2,1-2H3,(H,20,21)/t18-/m0/s1. The summed E-state index contributed by atoms with van der Waals surface area (Å²) in [4.78, 5) is 12.4. The lowest BCUT2D eigenvalue weighted by atomic mass is 9.99. The van der Waals surface area contributed by atoms with E-state index in [1.807, 2.05) is 12.1 Å². The Morgan fingerprint density at radius 2 is 1.79 bits per heavy atom. The first kappa shape index (κ1) is 16.3. The third kappa shape index (κ3) is 3.68. The van der Waals surface area contributed by atoms with Crippen molar-refractivity contribution in [3.8, 4) is 11.5 Å². The number of methoxy groups -OCH3 is 2. The first-order chi connectivity index (χ1) is 11.7. The summed E-state index contributed by atoms with van der Waals surface area (Å²) < 4.78 is 16.2. The number of ether oxygens (including phenoxy) is 3. The minimum atomic E-state index is -0.172. The molecule has 126 valence electrons. The van der Waals surface area contributed by atoms with E-state index >= 15 is 0 Å². The van der Waals surface area contributed by atoms with Gasteiger partial charge in [-0.1, -0.05) is 24.3 Å². The first-order valence-electron chi connectivity index (χ1n) is 7.89. The molecule has 0 radical (unpaired) electrons. The number of hydrogen-bond acceptors (Lipinski definition) is 4. The Hall–Kier alpha value is -2.53. The van der Waals surface area contributed by atoms with Crippen molar-refractivity contribution in [2.75, 3.05) is 20.8 Å². The summed E-state index contributed by atoms with van der Waals surface area (Å²) in [5.74, 6) is 0.999. The van der Waals surface area contributed by atoms with E-state index in [1.54, 1.807) is 32.4 Å². The molecule has 0 spiro atoms. The minimum Gasteiger partial charge on any atom is -0.497 e. The molecular weight excluding hydrogens is 306 g/mol. The fraction of sp³-hybridized carbons (Fsp3) is 0.316. The molecule has 2 aromatic carbocycles. The molecule has 0 saturated carbocycles. The summed E-state index contributed by atoms with van der Waals surface area (Å²) in [5, 5.41) is 2.93. The highest BCUT2D eigenvalue weighted by Gasteiger charge is 2.20. The molecule has 5 heteroatoms. The molecule has 0 bridgehead atoms. The van der Waals surface area contributed by atoms with Gasteiger partial charge in [0.2, 0.25) is 0 Å². The molecule has 1 N–H and O–H groups in total. The second-order valence-corrected chi connectivity index (χ2v) is 5.72. The molecule has 0 fully saturated rings. The Kier molecular flexibility index (Phi) is 5.01. The third-order valence-electron chi connectivity index (χ3n) is 4.14. The number of amides is 1. The Balaban J connectivity index is 1.62. The zero-order valence-corrected chi connectivity index (χ0v) is 13.9. The van der Waals surface area contributed by atoms with Crippen LogP contribution in [-0.4, -0.2) is 32.8 Å². The highest BCUT2D eigenvalue weighted by molar-refractivity contribution is 5.95. The van der Waals surface area contributed by atoms with Crippen molar-refractivity contribution in [1.29, 1.82) is 0 Å². The van der Waals surface area contributed by atoms with Gasteiger partial charge in [0.05, 0.1) is 26.9 Å². The van der Waals surface area contributed by atoms with Crippen LogP contribution in [0, 0.1) is 0 Å². The Morgan fingerprint density at radius 3 is 2.46 bits per heavy atom. The summed E-state index contributed by atoms with van der Waals surface area (Å²) in [6.45, 7) is 1.05. The van der Waals surface area contributed by atoms with Crippen LogP contribution in [-0.2, 0) is 17.8 Å². The third-order valence-corrected chi connectivity index (χ3v) is 4.14. The quantitative estimate of drug-likeness (QED) is 0.917. The topological polar surface area (TPSA) is 56.8 Å². The SMILES string of the molecule is COc1cc(OC)cc(C(=O)NC[C@@H]2Cc3ccccc3CO2)c1. The molecule has 0 saturated heterocycles. The maximum Gasteiger partial charge on any atom is 0.251 e. The molecule has 1 aliphatic heterocycles. The zero-order valence-electron chi connectivity index (χ0n) is 13.9. The van der Waals surface area contributed by atoms with Crippen LogP contribution in [0.4, 0.5) is 0 Å². The largest absolute Gasteiger partial charge is 0.497 e. The van der Waals surface area contributed by atoms with E-state index in [9.17, 15) is 4.79 Å². The van der Waals surface area contributed by atoms with Crippen molar-refractivity contribution in [1.82, 2.24) is 5.32 Å². The van der Waals surface area contributed by atoms with E-state index in [1.165, 1.54) is 11.1 Å². The van der Waals surface area contributed by atoms with Crippen molar-refractivity contribution in [3.05, 3.63) is 59.2 Å². The van der Waals surface area contributed by atoms with Gasteiger partial charge in [0.15, 0.2) is 0 Å². The number of benzene rings is 2. The van der Waals surface area contributed by atoms with Crippen LogP contribution in [0.1, 0.15) is 21.5 Å². The second kappa shape index (κ2) is 7.36. The van der Waals surface area contributed by atoms with Gasteiger partial charge in [-0.25, -0.2) is 0 Å². The first-order valence-corrected chi connectivity index (χ1v) is 7.89. The van der Waals surface area contributed by atoms with E-state index in [0.717, 1.165) is 6.42 Å².